The monoisotopic (exact) mass is 648 g/mol. The van der Waals surface area contributed by atoms with Crippen molar-refractivity contribution < 1.29 is 28.7 Å². The summed E-state index contributed by atoms with van der Waals surface area (Å²) < 4.78 is 11.9. The topological polar surface area (TPSA) is 86.7 Å². The fourth-order valence-corrected chi connectivity index (χ4v) is 16.0. The van der Waals surface area contributed by atoms with E-state index in [1.807, 2.05) is 0 Å². The van der Waals surface area contributed by atoms with Crippen molar-refractivity contribution in [1.29, 1.82) is 0 Å². The number of rotatable bonds is 4. The Balaban J connectivity index is 0.945. The summed E-state index contributed by atoms with van der Waals surface area (Å²) >= 11 is 0. The number of hydrogen-bond donors (Lipinski definition) is 0. The molecular formula is C41H60O6. The minimum absolute atomic E-state index is 0.0196. The van der Waals surface area contributed by atoms with Gasteiger partial charge in [0.1, 0.15) is 11.6 Å². The molecule has 0 aliphatic heterocycles. The number of carbonyl (C=O) groups excluding carboxylic acids is 4. The Morgan fingerprint density at radius 3 is 1.34 bits per heavy atom. The van der Waals surface area contributed by atoms with Crippen molar-refractivity contribution in [3.05, 3.63) is 0 Å². The molecule has 2 spiro atoms. The molecule has 0 heterocycles. The first-order valence-electron chi connectivity index (χ1n) is 19.4. The highest BCUT2D eigenvalue weighted by atomic mass is 16.7. The molecule has 0 radical (unpaired) electrons. The van der Waals surface area contributed by atoms with Gasteiger partial charge in [-0.05, 0) is 149 Å². The highest BCUT2D eigenvalue weighted by Crippen LogP contribution is 2.74. The van der Waals surface area contributed by atoms with Crippen molar-refractivity contribution in [3.63, 3.8) is 0 Å². The molecule has 6 heteroatoms. The zero-order valence-electron chi connectivity index (χ0n) is 30.2. The van der Waals surface area contributed by atoms with Gasteiger partial charge in [0.15, 0.2) is 0 Å². The fourth-order valence-electron chi connectivity index (χ4n) is 16.0. The normalized spacial score (nSPS) is 54.5. The van der Waals surface area contributed by atoms with E-state index in [-0.39, 0.29) is 63.1 Å². The Hall–Kier alpha value is -1.72. The Bertz CT molecular complexity index is 1320. The van der Waals surface area contributed by atoms with Crippen LogP contribution in [0, 0.1) is 67.0 Å². The molecule has 8 rings (SSSR count). The van der Waals surface area contributed by atoms with E-state index in [9.17, 15) is 19.2 Å². The molecule has 0 saturated heterocycles. The molecule has 8 saturated carbocycles. The van der Waals surface area contributed by atoms with Crippen LogP contribution in [0.15, 0.2) is 0 Å². The first kappa shape index (κ1) is 32.5. The van der Waals surface area contributed by atoms with Crippen LogP contribution in [0.3, 0.4) is 0 Å². The second-order valence-corrected chi connectivity index (χ2v) is 20.3. The fraction of sp³-hybridized carbons (Fsp3) is 0.902. The lowest BCUT2D eigenvalue weighted by molar-refractivity contribution is -0.207. The van der Waals surface area contributed by atoms with Crippen LogP contribution in [-0.4, -0.2) is 30.3 Å². The molecule has 8 fully saturated rings. The number of ether oxygens (including phenoxy) is 2. The van der Waals surface area contributed by atoms with Crippen LogP contribution in [-0.2, 0) is 28.7 Å². The van der Waals surface area contributed by atoms with E-state index in [1.54, 1.807) is 0 Å². The summed E-state index contributed by atoms with van der Waals surface area (Å²) in [5.41, 5.74) is -1.23. The van der Waals surface area contributed by atoms with Gasteiger partial charge in [0.2, 0.25) is 6.79 Å². The molecule has 0 N–H and O–H groups in total. The molecule has 0 aromatic heterocycles. The Morgan fingerprint density at radius 1 is 0.553 bits per heavy atom. The van der Waals surface area contributed by atoms with E-state index in [4.69, 9.17) is 9.47 Å². The summed E-state index contributed by atoms with van der Waals surface area (Å²) in [5.74, 6) is 1.91. The number of carbonyl (C=O) groups is 4. The number of fused-ring (bicyclic) bond motifs is 6. The predicted octanol–water partition coefficient (Wildman–Crippen LogP) is 8.77. The average Bonchev–Trinajstić information content (AvgIpc) is 3.30. The average molecular weight is 649 g/mol. The smallest absolute Gasteiger partial charge is 0.314 e. The summed E-state index contributed by atoms with van der Waals surface area (Å²) in [7, 11) is 0. The summed E-state index contributed by atoms with van der Waals surface area (Å²) in [6.45, 7) is 13.1. The lowest BCUT2D eigenvalue weighted by Crippen LogP contribution is -2.59. The number of hydrogen-bond acceptors (Lipinski definition) is 6. The molecule has 4 bridgehead atoms. The van der Waals surface area contributed by atoms with Gasteiger partial charge >= 0.3 is 11.9 Å². The van der Waals surface area contributed by atoms with Gasteiger partial charge in [-0.3, -0.25) is 19.2 Å². The van der Waals surface area contributed by atoms with Crippen LogP contribution >= 0.6 is 0 Å². The van der Waals surface area contributed by atoms with E-state index >= 15 is 0 Å². The van der Waals surface area contributed by atoms with Crippen LogP contribution in [0.2, 0.25) is 0 Å². The molecule has 0 amide bonds. The second kappa shape index (κ2) is 9.95. The zero-order chi connectivity index (χ0) is 33.5. The van der Waals surface area contributed by atoms with Crippen molar-refractivity contribution in [2.24, 2.45) is 67.0 Å². The van der Waals surface area contributed by atoms with Crippen molar-refractivity contribution >= 4 is 23.5 Å². The van der Waals surface area contributed by atoms with E-state index in [1.165, 1.54) is 0 Å². The summed E-state index contributed by atoms with van der Waals surface area (Å²) in [4.78, 5) is 54.3. The van der Waals surface area contributed by atoms with E-state index in [0.29, 0.717) is 23.4 Å². The van der Waals surface area contributed by atoms with Crippen molar-refractivity contribution in [2.45, 2.75) is 157 Å². The Morgan fingerprint density at radius 2 is 0.936 bits per heavy atom. The molecule has 260 valence electrons. The lowest BCUT2D eigenvalue weighted by Gasteiger charge is -2.64. The third-order valence-electron chi connectivity index (χ3n) is 18.0. The molecule has 12 atom stereocenters. The van der Waals surface area contributed by atoms with Gasteiger partial charge in [-0.25, -0.2) is 0 Å². The molecule has 8 aliphatic carbocycles. The van der Waals surface area contributed by atoms with Crippen LogP contribution in [0.1, 0.15) is 157 Å². The van der Waals surface area contributed by atoms with Crippen LogP contribution in [0.25, 0.3) is 0 Å². The van der Waals surface area contributed by atoms with E-state index in [2.05, 4.69) is 41.5 Å². The van der Waals surface area contributed by atoms with Gasteiger partial charge in [0, 0.05) is 23.7 Å². The summed E-state index contributed by atoms with van der Waals surface area (Å²) in [6.07, 6.45) is 17.5. The van der Waals surface area contributed by atoms with E-state index in [0.717, 1.165) is 116 Å². The number of Topliss-reactive ketones (excluding diaryl/α,β-unsaturated/α-hetero) is 2. The molecule has 0 aromatic carbocycles. The summed E-state index contributed by atoms with van der Waals surface area (Å²) in [6, 6.07) is 0. The van der Waals surface area contributed by atoms with Crippen molar-refractivity contribution in [1.82, 2.24) is 0 Å². The number of esters is 2. The van der Waals surface area contributed by atoms with Gasteiger partial charge in [0.05, 0.1) is 10.8 Å². The minimum Gasteiger partial charge on any atom is -0.427 e. The maximum atomic E-state index is 14.0. The third-order valence-corrected chi connectivity index (χ3v) is 18.0. The van der Waals surface area contributed by atoms with E-state index < -0.39 is 10.8 Å². The minimum atomic E-state index is -0.608. The van der Waals surface area contributed by atoms with Crippen LogP contribution in [0.4, 0.5) is 0 Å². The molecular weight excluding hydrogens is 588 g/mol. The molecule has 0 aromatic rings. The standard InChI is InChI=1S/C41H60O6/c1-34-17-9-28-36(3)13-7-15-38(5,26(36)11-19-40(28,23-34)21-30(34)42)32(44)46-25-47-33(45)39(6)16-8-14-37(4)27(39)12-20-41-22-31(43)35(2,24-41)18-10-29(37)41/h26-29H,7-25H2,1-6H3/t26-,27-,28-,29-,34-,35-,36+,37+,38+,39+,40?,41?/m0/s1. The Kier molecular flexibility index (Phi) is 6.88. The molecule has 8 aliphatic rings. The SMILES string of the molecule is C[C@@]12CC[C@@H]3C(CC[C@H]4[C@@]3(C)CCC[C@@]4(C)C(=O)OCOC(=O)[C@]3(C)CCC[C@@]4(C)[C@@H]5CC[C@@]6(C)CC5(CC[C@@H]43)CC6=O)(CC1=O)C2. The molecule has 47 heavy (non-hydrogen) atoms. The van der Waals surface area contributed by atoms with Gasteiger partial charge in [-0.2, -0.15) is 0 Å². The Labute approximate surface area is 282 Å². The molecule has 6 nitrogen and oxygen atoms in total. The third kappa shape index (κ3) is 4.14. The van der Waals surface area contributed by atoms with Crippen LogP contribution < -0.4 is 0 Å². The first-order chi connectivity index (χ1) is 22.0. The second-order valence-electron chi connectivity index (χ2n) is 20.3. The van der Waals surface area contributed by atoms with Gasteiger partial charge in [0.25, 0.3) is 0 Å². The first-order valence-corrected chi connectivity index (χ1v) is 19.4. The van der Waals surface area contributed by atoms with Crippen molar-refractivity contribution in [2.75, 3.05) is 6.79 Å². The highest BCUT2D eigenvalue weighted by molar-refractivity contribution is 5.89. The summed E-state index contributed by atoms with van der Waals surface area (Å²) in [5, 5.41) is 0. The largest absolute Gasteiger partial charge is 0.427 e. The molecule has 2 unspecified atom stereocenters. The quantitative estimate of drug-likeness (QED) is 0.224. The predicted molar refractivity (Wildman–Crippen MR) is 178 cm³/mol. The van der Waals surface area contributed by atoms with Crippen molar-refractivity contribution in [3.8, 4) is 0 Å². The maximum Gasteiger partial charge on any atom is 0.314 e. The van der Waals surface area contributed by atoms with Gasteiger partial charge in [-0.1, -0.05) is 40.5 Å². The highest BCUT2D eigenvalue weighted by Gasteiger charge is 2.70. The maximum absolute atomic E-state index is 14.0. The number of ketones is 2. The van der Waals surface area contributed by atoms with Crippen LogP contribution in [0.5, 0.6) is 0 Å². The van der Waals surface area contributed by atoms with Gasteiger partial charge < -0.3 is 9.47 Å². The zero-order valence-corrected chi connectivity index (χ0v) is 30.2. The lowest BCUT2D eigenvalue weighted by atomic mass is 9.40. The van der Waals surface area contributed by atoms with Gasteiger partial charge in [-0.15, -0.1) is 0 Å².